The number of amides is 1. The lowest BCUT2D eigenvalue weighted by Gasteiger charge is -1.98. The smallest absolute Gasteiger partial charge is 0.306 e. The summed E-state index contributed by atoms with van der Waals surface area (Å²) in [6, 6.07) is 8.56. The molecule has 1 amide bonds. The number of carbonyl (C=O) groups excluding carboxylic acids is 1. The Labute approximate surface area is 124 Å². The predicted molar refractivity (Wildman–Crippen MR) is 78.9 cm³/mol. The van der Waals surface area contributed by atoms with Crippen molar-refractivity contribution in [2.24, 2.45) is 0 Å². The van der Waals surface area contributed by atoms with Gasteiger partial charge in [-0.1, -0.05) is 41.7 Å². The van der Waals surface area contributed by atoms with Crippen molar-refractivity contribution in [1.82, 2.24) is 4.98 Å². The van der Waals surface area contributed by atoms with E-state index in [4.69, 9.17) is 0 Å². The highest BCUT2D eigenvalue weighted by molar-refractivity contribution is 7.88. The van der Waals surface area contributed by atoms with Gasteiger partial charge in [0.25, 0.3) is 0 Å². The average Bonchev–Trinajstić information content (AvgIpc) is 2.73. The number of anilines is 1. The zero-order valence-electron chi connectivity index (χ0n) is 10.8. The molecular weight excluding hydrogens is 320 g/mol. The third kappa shape index (κ3) is 4.58. The maximum Gasteiger partial charge on any atom is 0.306 e. The van der Waals surface area contributed by atoms with Crippen LogP contribution in [0.4, 0.5) is 5.13 Å². The van der Waals surface area contributed by atoms with Crippen LogP contribution in [0.5, 0.6) is 0 Å². The van der Waals surface area contributed by atoms with Crippen molar-refractivity contribution in [2.75, 3.05) is 5.32 Å². The Morgan fingerprint density at radius 1 is 1.24 bits per heavy atom. The lowest BCUT2D eigenvalue weighted by molar-refractivity contribution is -0.114. The molecule has 0 bridgehead atoms. The molecule has 0 unspecified atom stereocenters. The molecular formula is C11H14N2O6S2. The van der Waals surface area contributed by atoms with E-state index in [-0.39, 0.29) is 31.9 Å². The molecule has 0 aliphatic rings. The van der Waals surface area contributed by atoms with E-state index in [1.54, 1.807) is 30.3 Å². The summed E-state index contributed by atoms with van der Waals surface area (Å²) in [6.45, 7) is 1.29. The van der Waals surface area contributed by atoms with Gasteiger partial charge >= 0.3 is 10.1 Å². The number of carbonyl (C=O) groups is 1. The Kier molecular flexibility index (Phi) is 6.60. The van der Waals surface area contributed by atoms with Crippen LogP contribution in [0.1, 0.15) is 6.92 Å². The first-order valence-electron chi connectivity index (χ1n) is 5.19. The third-order valence-corrected chi connectivity index (χ3v) is 4.47. The maximum atomic E-state index is 11.3. The zero-order valence-corrected chi connectivity index (χ0v) is 12.5. The van der Waals surface area contributed by atoms with Gasteiger partial charge in [-0.15, -0.1) is 0 Å². The Balaban J connectivity index is 0.00000200. The summed E-state index contributed by atoms with van der Waals surface area (Å²) < 4.78 is 31.6. The minimum Gasteiger partial charge on any atom is -0.412 e. The van der Waals surface area contributed by atoms with Gasteiger partial charge in [0.05, 0.1) is 0 Å². The van der Waals surface area contributed by atoms with Crippen LogP contribution in [0.3, 0.4) is 0 Å². The standard InChI is InChI=1S/C11H10N2O4S2.2H2O/c1-7(14)12-11-13-9(8-5-3-2-4-6-8)10(18-11)19(15,16)17;;/h2-6H,1H3,(H,12,13,14)(H,15,16,17);2*1H2. The fourth-order valence-electron chi connectivity index (χ4n) is 1.46. The van der Waals surface area contributed by atoms with Gasteiger partial charge in [-0.3, -0.25) is 9.35 Å². The topological polar surface area (TPSA) is 159 Å². The molecule has 10 heteroatoms. The fraction of sp³-hybridized carbons (Fsp3) is 0.0909. The van der Waals surface area contributed by atoms with Crippen molar-refractivity contribution < 1.29 is 28.7 Å². The minimum absolute atomic E-state index is 0. The minimum atomic E-state index is -4.39. The van der Waals surface area contributed by atoms with E-state index >= 15 is 0 Å². The molecule has 0 fully saturated rings. The van der Waals surface area contributed by atoms with E-state index in [2.05, 4.69) is 10.3 Å². The summed E-state index contributed by atoms with van der Waals surface area (Å²) in [5.74, 6) is -0.366. The summed E-state index contributed by atoms with van der Waals surface area (Å²) in [6.07, 6.45) is 0. The molecule has 0 saturated carbocycles. The van der Waals surface area contributed by atoms with E-state index < -0.39 is 10.1 Å². The molecule has 0 radical (unpaired) electrons. The molecule has 1 aromatic heterocycles. The molecule has 2 aromatic rings. The highest BCUT2D eigenvalue weighted by Gasteiger charge is 2.23. The molecule has 0 spiro atoms. The summed E-state index contributed by atoms with van der Waals surface area (Å²) in [5, 5.41) is 2.52. The monoisotopic (exact) mass is 334 g/mol. The van der Waals surface area contributed by atoms with Gasteiger partial charge in [-0.25, -0.2) is 4.98 Å². The van der Waals surface area contributed by atoms with Crippen LogP contribution < -0.4 is 5.32 Å². The Morgan fingerprint density at radius 2 is 1.81 bits per heavy atom. The fourth-order valence-corrected chi connectivity index (χ4v) is 3.30. The van der Waals surface area contributed by atoms with Gasteiger partial charge in [0.15, 0.2) is 9.34 Å². The molecule has 6 N–H and O–H groups in total. The Morgan fingerprint density at radius 3 is 2.29 bits per heavy atom. The van der Waals surface area contributed by atoms with Crippen molar-refractivity contribution in [2.45, 2.75) is 11.1 Å². The Hall–Kier alpha value is -1.85. The van der Waals surface area contributed by atoms with Gasteiger partial charge in [-0.05, 0) is 0 Å². The van der Waals surface area contributed by atoms with Gasteiger partial charge in [0.2, 0.25) is 5.91 Å². The van der Waals surface area contributed by atoms with E-state index in [0.717, 1.165) is 0 Å². The molecule has 0 saturated heterocycles. The predicted octanol–water partition coefficient (Wildman–Crippen LogP) is 0.366. The molecule has 1 heterocycles. The highest BCUT2D eigenvalue weighted by atomic mass is 32.3. The number of rotatable bonds is 3. The van der Waals surface area contributed by atoms with Crippen LogP contribution in [0.2, 0.25) is 0 Å². The molecule has 21 heavy (non-hydrogen) atoms. The highest BCUT2D eigenvalue weighted by Crippen LogP contribution is 2.34. The van der Waals surface area contributed by atoms with Crippen LogP contribution in [0, 0.1) is 0 Å². The first kappa shape index (κ1) is 19.2. The number of hydrogen-bond donors (Lipinski definition) is 2. The first-order chi connectivity index (χ1) is 8.88. The second-order valence-electron chi connectivity index (χ2n) is 3.68. The van der Waals surface area contributed by atoms with Crippen molar-refractivity contribution in [3.05, 3.63) is 30.3 Å². The van der Waals surface area contributed by atoms with Crippen molar-refractivity contribution in [1.29, 1.82) is 0 Å². The largest absolute Gasteiger partial charge is 0.412 e. The normalized spacial score (nSPS) is 10.2. The number of nitrogens with zero attached hydrogens (tertiary/aromatic N) is 1. The van der Waals surface area contributed by atoms with E-state index in [0.29, 0.717) is 16.9 Å². The Bertz CT molecular complexity index is 712. The third-order valence-electron chi connectivity index (χ3n) is 2.16. The molecule has 8 nitrogen and oxygen atoms in total. The lowest BCUT2D eigenvalue weighted by atomic mass is 10.2. The first-order valence-corrected chi connectivity index (χ1v) is 7.45. The van der Waals surface area contributed by atoms with E-state index in [9.17, 15) is 17.8 Å². The SMILES string of the molecule is CC(=O)Nc1nc(-c2ccccc2)c(S(=O)(=O)O)s1.O.O. The van der Waals surface area contributed by atoms with E-state index in [1.807, 2.05) is 0 Å². The molecule has 0 aliphatic carbocycles. The lowest BCUT2D eigenvalue weighted by Crippen LogP contribution is -2.04. The van der Waals surface area contributed by atoms with Crippen molar-refractivity contribution in [3.8, 4) is 11.3 Å². The van der Waals surface area contributed by atoms with Crippen LogP contribution >= 0.6 is 11.3 Å². The van der Waals surface area contributed by atoms with Gasteiger partial charge in [0, 0.05) is 12.5 Å². The number of aromatic nitrogens is 1. The summed E-state index contributed by atoms with van der Waals surface area (Å²) in [5.41, 5.74) is 0.667. The number of thiazole rings is 1. The van der Waals surface area contributed by atoms with Crippen LogP contribution in [-0.4, -0.2) is 34.8 Å². The van der Waals surface area contributed by atoms with Gasteiger partial charge in [-0.2, -0.15) is 8.42 Å². The number of hydrogen-bond acceptors (Lipinski definition) is 5. The van der Waals surface area contributed by atoms with Crippen LogP contribution in [-0.2, 0) is 14.9 Å². The molecule has 0 atom stereocenters. The quantitative estimate of drug-likeness (QED) is 0.774. The number of benzene rings is 1. The van der Waals surface area contributed by atoms with Crippen LogP contribution in [0.25, 0.3) is 11.3 Å². The van der Waals surface area contributed by atoms with Gasteiger partial charge in [0.1, 0.15) is 5.69 Å². The van der Waals surface area contributed by atoms with Crippen LogP contribution in [0.15, 0.2) is 34.5 Å². The zero-order chi connectivity index (χ0) is 14.0. The molecule has 116 valence electrons. The van der Waals surface area contributed by atoms with Crippen molar-refractivity contribution in [3.63, 3.8) is 0 Å². The average molecular weight is 334 g/mol. The second-order valence-corrected chi connectivity index (χ2v) is 6.29. The van der Waals surface area contributed by atoms with E-state index in [1.165, 1.54) is 6.92 Å². The summed E-state index contributed by atoms with van der Waals surface area (Å²) in [7, 11) is -4.39. The second kappa shape index (κ2) is 7.24. The summed E-state index contributed by atoms with van der Waals surface area (Å²) >= 11 is 0.709. The molecule has 1 aromatic carbocycles. The molecule has 2 rings (SSSR count). The number of nitrogens with one attached hydrogen (secondary N) is 1. The molecule has 0 aliphatic heterocycles. The maximum absolute atomic E-state index is 11.3. The summed E-state index contributed by atoms with van der Waals surface area (Å²) in [4.78, 5) is 15.0. The van der Waals surface area contributed by atoms with Crippen molar-refractivity contribution >= 4 is 32.5 Å². The van der Waals surface area contributed by atoms with Gasteiger partial charge < -0.3 is 16.3 Å².